The number of carbonyl (C=O) groups is 2. The molecule has 2 aliphatic rings. The van der Waals surface area contributed by atoms with Crippen molar-refractivity contribution in [3.8, 4) is 17.9 Å². The topological polar surface area (TPSA) is 182 Å². The van der Waals surface area contributed by atoms with Gasteiger partial charge >= 0.3 is 6.09 Å². The molecule has 1 N–H and O–H groups in total. The lowest BCUT2D eigenvalue weighted by Gasteiger charge is -2.29. The number of ether oxygens (including phenoxy) is 2. The van der Waals surface area contributed by atoms with Crippen molar-refractivity contribution in [2.75, 3.05) is 32.5 Å². The molecule has 2 amide bonds. The number of likely N-dealkylation sites (tertiary alicyclic amines) is 2. The summed E-state index contributed by atoms with van der Waals surface area (Å²) >= 11 is 0. The molecule has 3 atom stereocenters. The number of hydrogen-bond donors (Lipinski definition) is 1. The number of nitrogens with one attached hydrogen (secondary N) is 1. The van der Waals surface area contributed by atoms with E-state index in [1.54, 1.807) is 42.2 Å². The molecule has 4 aromatic rings. The molecule has 15 heteroatoms. The highest BCUT2D eigenvalue weighted by molar-refractivity contribution is 7.90. The van der Waals surface area contributed by atoms with Crippen molar-refractivity contribution < 1.29 is 31.9 Å². The van der Waals surface area contributed by atoms with E-state index in [0.717, 1.165) is 12.3 Å². The van der Waals surface area contributed by atoms with Crippen LogP contribution in [0.5, 0.6) is 5.75 Å². The summed E-state index contributed by atoms with van der Waals surface area (Å²) in [5, 5.41) is 29.3. The molecule has 0 radical (unpaired) electrons. The van der Waals surface area contributed by atoms with Crippen LogP contribution in [0.15, 0.2) is 53.4 Å². The second kappa shape index (κ2) is 12.9. The van der Waals surface area contributed by atoms with E-state index in [4.69, 9.17) is 9.47 Å². The van der Waals surface area contributed by atoms with Gasteiger partial charge in [-0.15, -0.1) is 0 Å². The normalized spacial score (nSPS) is 18.7. The van der Waals surface area contributed by atoms with Crippen LogP contribution in [0.1, 0.15) is 39.5 Å². The first kappa shape index (κ1) is 32.4. The number of nitrogens with zero attached hydrogens (tertiary/aromatic N) is 6. The van der Waals surface area contributed by atoms with E-state index in [9.17, 15) is 32.9 Å². The van der Waals surface area contributed by atoms with Crippen LogP contribution in [0.2, 0.25) is 0 Å². The SMILES string of the molecule is CCOc1cc(C#N)c(F)cc1COC(=O)N1C[C@@H]2CN(C(=O)c3ccc4n[nH]nc4c3)C[C@H]2C1Cc1ccc(C#N)cc1S(C)(=O)=O. The van der Waals surface area contributed by atoms with E-state index in [1.165, 1.54) is 23.1 Å². The first-order valence-corrected chi connectivity index (χ1v) is 17.0. The third-order valence-electron chi connectivity index (χ3n) is 8.85. The standard InChI is InChI=1S/C33H30FN7O6S/c1-3-46-30-12-22(14-36)26(34)9-23(30)18-47-33(43)41-16-24-15-40(32(42)21-6-7-27-28(10-21)38-39-37-27)17-25(24)29(41)11-20-5-4-19(13-35)8-31(20)48(2,44)45/h4-10,12,24-25,29H,3,11,15-18H2,1-2H3,(H,37,38,39)/t24-,25+,29?/m0/s1. The fraction of sp³-hybridized carbons (Fsp3) is 0.333. The third-order valence-corrected chi connectivity index (χ3v) is 10.0. The lowest BCUT2D eigenvalue weighted by atomic mass is 9.90. The van der Waals surface area contributed by atoms with E-state index in [1.807, 2.05) is 6.07 Å². The van der Waals surface area contributed by atoms with E-state index < -0.39 is 27.8 Å². The molecule has 3 aromatic carbocycles. The van der Waals surface area contributed by atoms with E-state index in [2.05, 4.69) is 15.4 Å². The number of H-pyrrole nitrogens is 1. The number of rotatable bonds is 8. The second-order valence-electron chi connectivity index (χ2n) is 11.8. The molecule has 13 nitrogen and oxygen atoms in total. The van der Waals surface area contributed by atoms with Crippen molar-refractivity contribution in [3.63, 3.8) is 0 Å². The van der Waals surface area contributed by atoms with Crippen LogP contribution in [0.3, 0.4) is 0 Å². The highest BCUT2D eigenvalue weighted by atomic mass is 32.2. The van der Waals surface area contributed by atoms with E-state index >= 15 is 0 Å². The summed E-state index contributed by atoms with van der Waals surface area (Å²) in [4.78, 5) is 30.5. The molecule has 1 unspecified atom stereocenters. The van der Waals surface area contributed by atoms with Crippen LogP contribution < -0.4 is 4.74 Å². The molecule has 246 valence electrons. The molecular formula is C33H30FN7O6S. The number of benzene rings is 3. The molecule has 0 aliphatic carbocycles. The summed E-state index contributed by atoms with van der Waals surface area (Å²) in [6, 6.07) is 15.0. The molecule has 2 aliphatic heterocycles. The van der Waals surface area contributed by atoms with Gasteiger partial charge in [0.2, 0.25) is 0 Å². The second-order valence-corrected chi connectivity index (χ2v) is 13.8. The van der Waals surface area contributed by atoms with Gasteiger partial charge < -0.3 is 19.3 Å². The predicted octanol–water partition coefficient (Wildman–Crippen LogP) is 3.59. The maximum absolute atomic E-state index is 14.5. The molecule has 2 fully saturated rings. The Labute approximate surface area is 275 Å². The Morgan fingerprint density at radius 1 is 1.02 bits per heavy atom. The van der Waals surface area contributed by atoms with Gasteiger partial charge in [-0.05, 0) is 55.3 Å². The van der Waals surface area contributed by atoms with Crippen LogP contribution in [0.25, 0.3) is 11.0 Å². The summed E-state index contributed by atoms with van der Waals surface area (Å²) in [6.45, 7) is 2.51. The van der Waals surface area contributed by atoms with Gasteiger partial charge in [0, 0.05) is 61.0 Å². The molecule has 2 saturated heterocycles. The van der Waals surface area contributed by atoms with Gasteiger partial charge in [0.15, 0.2) is 9.84 Å². The zero-order chi connectivity index (χ0) is 34.2. The number of sulfone groups is 1. The third kappa shape index (κ3) is 6.24. The van der Waals surface area contributed by atoms with Crippen molar-refractivity contribution in [1.29, 1.82) is 10.5 Å². The minimum atomic E-state index is -3.74. The maximum atomic E-state index is 14.5. The fourth-order valence-corrected chi connectivity index (χ4v) is 7.58. The van der Waals surface area contributed by atoms with E-state index in [0.29, 0.717) is 35.2 Å². The summed E-state index contributed by atoms with van der Waals surface area (Å²) in [5.74, 6) is -1.14. The number of fused-ring (bicyclic) bond motifs is 2. The molecule has 6 rings (SSSR count). The minimum absolute atomic E-state index is 0.0143. The highest BCUT2D eigenvalue weighted by Gasteiger charge is 2.50. The number of aromatic nitrogens is 3. The molecule has 48 heavy (non-hydrogen) atoms. The molecular weight excluding hydrogens is 641 g/mol. The van der Waals surface area contributed by atoms with E-state index in [-0.39, 0.29) is 71.3 Å². The Morgan fingerprint density at radius 2 is 1.81 bits per heavy atom. The van der Waals surface area contributed by atoms with Gasteiger partial charge in [-0.25, -0.2) is 17.6 Å². The van der Waals surface area contributed by atoms with Crippen LogP contribution in [0.4, 0.5) is 9.18 Å². The molecule has 3 heterocycles. The number of hydrogen-bond acceptors (Lipinski definition) is 10. The Balaban J connectivity index is 1.28. The van der Waals surface area contributed by atoms with Crippen molar-refractivity contribution in [3.05, 3.63) is 82.2 Å². The quantitative estimate of drug-likeness (QED) is 0.291. The van der Waals surface area contributed by atoms with Crippen LogP contribution in [-0.4, -0.2) is 84.2 Å². The highest BCUT2D eigenvalue weighted by Crippen LogP contribution is 2.40. The maximum Gasteiger partial charge on any atom is 0.410 e. The monoisotopic (exact) mass is 671 g/mol. The average Bonchev–Trinajstić information content (AvgIpc) is 3.79. The Morgan fingerprint density at radius 3 is 2.54 bits per heavy atom. The fourth-order valence-electron chi connectivity index (χ4n) is 6.61. The molecule has 0 bridgehead atoms. The summed E-state index contributed by atoms with van der Waals surface area (Å²) in [6.07, 6.45) is 0.475. The Kier molecular flexibility index (Phi) is 8.73. The van der Waals surface area contributed by atoms with Crippen LogP contribution in [0, 0.1) is 40.3 Å². The predicted molar refractivity (Wildman–Crippen MR) is 168 cm³/mol. The molecule has 1 aromatic heterocycles. The lowest BCUT2D eigenvalue weighted by molar-refractivity contribution is 0.0726. The van der Waals surface area contributed by atoms with Crippen molar-refractivity contribution in [2.24, 2.45) is 11.8 Å². The zero-order valence-corrected chi connectivity index (χ0v) is 26.8. The van der Waals surface area contributed by atoms with Gasteiger partial charge in [0.05, 0.1) is 28.7 Å². The van der Waals surface area contributed by atoms with Gasteiger partial charge in [-0.1, -0.05) is 6.07 Å². The van der Waals surface area contributed by atoms with Crippen LogP contribution in [-0.2, 0) is 27.6 Å². The van der Waals surface area contributed by atoms with Crippen molar-refractivity contribution in [1.82, 2.24) is 25.2 Å². The van der Waals surface area contributed by atoms with Gasteiger partial charge in [-0.2, -0.15) is 25.9 Å². The zero-order valence-electron chi connectivity index (χ0n) is 26.0. The minimum Gasteiger partial charge on any atom is -0.493 e. The average molecular weight is 672 g/mol. The number of carbonyl (C=O) groups excluding carboxylic acids is 2. The lowest BCUT2D eigenvalue weighted by Crippen LogP contribution is -2.43. The number of nitriles is 2. The molecule has 0 saturated carbocycles. The van der Waals surface area contributed by atoms with Gasteiger partial charge in [0.25, 0.3) is 5.91 Å². The van der Waals surface area contributed by atoms with Gasteiger partial charge in [-0.3, -0.25) is 4.79 Å². The summed E-state index contributed by atoms with van der Waals surface area (Å²) in [7, 11) is -3.74. The van der Waals surface area contributed by atoms with Gasteiger partial charge in [0.1, 0.15) is 35.3 Å². The molecule has 0 spiro atoms. The summed E-state index contributed by atoms with van der Waals surface area (Å²) < 4.78 is 51.3. The van der Waals surface area contributed by atoms with Crippen LogP contribution >= 0.6 is 0 Å². The number of amides is 2. The Bertz CT molecular complexity index is 2120. The Hall–Kier alpha value is -5.54. The number of halogens is 1. The van der Waals surface area contributed by atoms with Crippen molar-refractivity contribution >= 4 is 32.9 Å². The largest absolute Gasteiger partial charge is 0.493 e. The first-order chi connectivity index (χ1) is 23.0. The van der Waals surface area contributed by atoms with Crippen molar-refractivity contribution in [2.45, 2.75) is 30.9 Å². The number of aromatic amines is 1. The summed E-state index contributed by atoms with van der Waals surface area (Å²) in [5.41, 5.74) is 2.26. The smallest absolute Gasteiger partial charge is 0.410 e. The first-order valence-electron chi connectivity index (χ1n) is 15.1.